The van der Waals surface area contributed by atoms with Crippen molar-refractivity contribution in [1.82, 2.24) is 14.9 Å². The average molecular weight is 378 g/mol. The number of piperidine rings is 1. The molecule has 0 radical (unpaired) electrons. The van der Waals surface area contributed by atoms with E-state index in [1.54, 1.807) is 7.11 Å². The van der Waals surface area contributed by atoms with Gasteiger partial charge < -0.3 is 25.4 Å². The molecule has 0 unspecified atom stereocenters. The molecule has 8 heteroatoms. The minimum Gasteiger partial charge on any atom is -0.493 e. The summed E-state index contributed by atoms with van der Waals surface area (Å²) in [6, 6.07) is 5.62. The van der Waals surface area contributed by atoms with Crippen LogP contribution in [0.2, 0.25) is 5.15 Å². The molecule has 0 atom stereocenters. The van der Waals surface area contributed by atoms with Crippen LogP contribution in [0.4, 0.5) is 17.2 Å². The van der Waals surface area contributed by atoms with Crippen LogP contribution >= 0.6 is 11.6 Å². The molecular weight excluding hydrogens is 354 g/mol. The van der Waals surface area contributed by atoms with Crippen molar-refractivity contribution in [2.45, 2.75) is 12.8 Å². The van der Waals surface area contributed by atoms with Crippen LogP contribution in [-0.2, 0) is 0 Å². The van der Waals surface area contributed by atoms with E-state index in [9.17, 15) is 0 Å². The number of nitrogens with one attached hydrogen (secondary N) is 1. The van der Waals surface area contributed by atoms with Crippen LogP contribution < -0.4 is 20.5 Å². The van der Waals surface area contributed by atoms with Gasteiger partial charge in [-0.3, -0.25) is 0 Å². The highest BCUT2D eigenvalue weighted by molar-refractivity contribution is 6.32. The fourth-order valence-corrected chi connectivity index (χ4v) is 3.04. The van der Waals surface area contributed by atoms with Gasteiger partial charge in [0.15, 0.2) is 22.5 Å². The van der Waals surface area contributed by atoms with Crippen LogP contribution in [-0.4, -0.2) is 48.7 Å². The van der Waals surface area contributed by atoms with Gasteiger partial charge in [0, 0.05) is 11.8 Å². The van der Waals surface area contributed by atoms with Crippen LogP contribution in [0.3, 0.4) is 0 Å². The van der Waals surface area contributed by atoms with Gasteiger partial charge in [0.05, 0.1) is 13.7 Å². The average Bonchev–Trinajstić information content (AvgIpc) is 2.65. The first kappa shape index (κ1) is 18.5. The molecule has 7 nitrogen and oxygen atoms in total. The Hall–Kier alpha value is -2.25. The van der Waals surface area contributed by atoms with Crippen LogP contribution in [0.15, 0.2) is 24.5 Å². The number of ether oxygens (including phenoxy) is 2. The van der Waals surface area contributed by atoms with Crippen molar-refractivity contribution >= 4 is 28.8 Å². The van der Waals surface area contributed by atoms with E-state index >= 15 is 0 Å². The maximum absolute atomic E-state index is 6.01. The zero-order valence-corrected chi connectivity index (χ0v) is 15.8. The summed E-state index contributed by atoms with van der Waals surface area (Å²) in [6.07, 6.45) is 3.68. The first-order valence-electron chi connectivity index (χ1n) is 8.59. The van der Waals surface area contributed by atoms with Crippen molar-refractivity contribution in [3.8, 4) is 11.5 Å². The van der Waals surface area contributed by atoms with Gasteiger partial charge in [-0.1, -0.05) is 11.6 Å². The summed E-state index contributed by atoms with van der Waals surface area (Å²) in [5.74, 6) is 2.41. The number of hydrogen-bond acceptors (Lipinski definition) is 7. The molecule has 0 amide bonds. The molecule has 3 N–H and O–H groups in total. The van der Waals surface area contributed by atoms with E-state index in [0.29, 0.717) is 29.8 Å². The van der Waals surface area contributed by atoms with Crippen molar-refractivity contribution in [2.75, 3.05) is 44.9 Å². The molecule has 1 fully saturated rings. The second kappa shape index (κ2) is 8.42. The smallest absolute Gasteiger partial charge is 0.162 e. The fourth-order valence-electron chi connectivity index (χ4n) is 2.91. The summed E-state index contributed by atoms with van der Waals surface area (Å²) in [7, 11) is 3.78. The van der Waals surface area contributed by atoms with Crippen LogP contribution in [0.1, 0.15) is 12.8 Å². The van der Waals surface area contributed by atoms with Gasteiger partial charge in [-0.25, -0.2) is 9.97 Å². The third-order valence-corrected chi connectivity index (χ3v) is 4.88. The van der Waals surface area contributed by atoms with Crippen LogP contribution in [0.25, 0.3) is 0 Å². The number of nitrogen functional groups attached to an aromatic ring is 1. The molecule has 0 saturated carbocycles. The quantitative estimate of drug-likeness (QED) is 0.747. The lowest BCUT2D eigenvalue weighted by molar-refractivity contribution is 0.157. The number of benzene rings is 1. The minimum absolute atomic E-state index is 0.215. The highest BCUT2D eigenvalue weighted by atomic mass is 35.5. The van der Waals surface area contributed by atoms with Gasteiger partial charge in [0.1, 0.15) is 12.0 Å². The maximum Gasteiger partial charge on any atom is 0.162 e. The van der Waals surface area contributed by atoms with E-state index in [1.807, 2.05) is 18.2 Å². The Morgan fingerprint density at radius 2 is 2.04 bits per heavy atom. The third-order valence-electron chi connectivity index (χ3n) is 4.57. The van der Waals surface area contributed by atoms with E-state index in [1.165, 1.54) is 6.33 Å². The third kappa shape index (κ3) is 4.47. The van der Waals surface area contributed by atoms with Crippen LogP contribution in [0.5, 0.6) is 11.5 Å². The summed E-state index contributed by atoms with van der Waals surface area (Å²) in [5.41, 5.74) is 6.97. The second-order valence-corrected chi connectivity index (χ2v) is 6.83. The Bertz CT molecular complexity index is 750. The summed E-state index contributed by atoms with van der Waals surface area (Å²) in [6.45, 7) is 2.94. The van der Waals surface area contributed by atoms with Crippen molar-refractivity contribution in [3.63, 3.8) is 0 Å². The monoisotopic (exact) mass is 377 g/mol. The Morgan fingerprint density at radius 3 is 2.77 bits per heavy atom. The second-order valence-electron chi connectivity index (χ2n) is 6.48. The molecule has 2 heterocycles. The van der Waals surface area contributed by atoms with Crippen molar-refractivity contribution in [1.29, 1.82) is 0 Å². The molecule has 1 aliphatic heterocycles. The number of methoxy groups -OCH3 is 1. The first-order valence-corrected chi connectivity index (χ1v) is 8.97. The van der Waals surface area contributed by atoms with E-state index in [2.05, 4.69) is 27.2 Å². The fraction of sp³-hybridized carbons (Fsp3) is 0.444. The molecule has 0 spiro atoms. The van der Waals surface area contributed by atoms with Gasteiger partial charge in [0.2, 0.25) is 0 Å². The number of nitrogens with zero attached hydrogens (tertiary/aromatic N) is 3. The molecule has 26 heavy (non-hydrogen) atoms. The van der Waals surface area contributed by atoms with E-state index in [-0.39, 0.29) is 5.15 Å². The molecule has 0 bridgehead atoms. The normalized spacial score (nSPS) is 15.7. The molecule has 0 aliphatic carbocycles. The lowest BCUT2D eigenvalue weighted by atomic mass is 9.98. The minimum atomic E-state index is 0.215. The summed E-state index contributed by atoms with van der Waals surface area (Å²) >= 11 is 5.92. The predicted molar refractivity (Wildman–Crippen MR) is 103 cm³/mol. The molecular formula is C18H24ClN5O2. The summed E-state index contributed by atoms with van der Waals surface area (Å²) in [4.78, 5) is 10.3. The number of rotatable bonds is 6. The van der Waals surface area contributed by atoms with Crippen molar-refractivity contribution in [3.05, 3.63) is 29.7 Å². The van der Waals surface area contributed by atoms with Gasteiger partial charge >= 0.3 is 0 Å². The Kier molecular flexibility index (Phi) is 6.00. The topological polar surface area (TPSA) is 85.5 Å². The molecule has 1 aromatic carbocycles. The van der Waals surface area contributed by atoms with Gasteiger partial charge in [-0.2, -0.15) is 0 Å². The number of halogens is 1. The highest BCUT2D eigenvalue weighted by Gasteiger charge is 2.18. The maximum atomic E-state index is 6.01. The Balaban J connectivity index is 1.66. The standard InChI is InChI=1S/C18H24ClN5O2/c1-24-7-5-12(6-8-24)10-26-14-4-3-13(9-15(14)25-2)23-18-16(20)17(19)21-11-22-18/h3-4,9,11-12H,5-8,10,20H2,1-2H3,(H,21,22,23). The molecule has 1 aliphatic rings. The van der Waals surface area contributed by atoms with Crippen LogP contribution in [0, 0.1) is 5.92 Å². The number of nitrogens with two attached hydrogens (primary N) is 1. The number of likely N-dealkylation sites (tertiary alicyclic amines) is 1. The summed E-state index contributed by atoms with van der Waals surface area (Å²) in [5, 5.41) is 3.34. The van der Waals surface area contributed by atoms with Crippen molar-refractivity contribution < 1.29 is 9.47 Å². The van der Waals surface area contributed by atoms with Gasteiger partial charge in [-0.05, 0) is 51.0 Å². The SMILES string of the molecule is COc1cc(Nc2ncnc(Cl)c2N)ccc1OCC1CCN(C)CC1. The number of hydrogen-bond donors (Lipinski definition) is 2. The molecule has 1 saturated heterocycles. The van der Waals surface area contributed by atoms with E-state index < -0.39 is 0 Å². The zero-order valence-electron chi connectivity index (χ0n) is 15.0. The number of anilines is 3. The zero-order chi connectivity index (χ0) is 18.5. The molecule has 1 aromatic heterocycles. The Labute approximate surface area is 158 Å². The molecule has 3 rings (SSSR count). The van der Waals surface area contributed by atoms with Gasteiger partial charge in [-0.15, -0.1) is 0 Å². The van der Waals surface area contributed by atoms with Gasteiger partial charge in [0.25, 0.3) is 0 Å². The number of aromatic nitrogens is 2. The highest BCUT2D eigenvalue weighted by Crippen LogP contribution is 2.33. The van der Waals surface area contributed by atoms with E-state index in [4.69, 9.17) is 26.8 Å². The Morgan fingerprint density at radius 1 is 1.27 bits per heavy atom. The lowest BCUT2D eigenvalue weighted by Crippen LogP contribution is -2.32. The van der Waals surface area contributed by atoms with Crippen molar-refractivity contribution in [2.24, 2.45) is 5.92 Å². The first-order chi connectivity index (χ1) is 12.6. The molecule has 140 valence electrons. The largest absolute Gasteiger partial charge is 0.493 e. The predicted octanol–water partition coefficient (Wildman–Crippen LogP) is 3.19. The molecule has 2 aromatic rings. The van der Waals surface area contributed by atoms with E-state index in [0.717, 1.165) is 37.4 Å². The summed E-state index contributed by atoms with van der Waals surface area (Å²) < 4.78 is 11.5. The lowest BCUT2D eigenvalue weighted by Gasteiger charge is -2.28.